The molecule has 2 N–H and O–H groups in total. The first-order chi connectivity index (χ1) is 9.24. The quantitative estimate of drug-likeness (QED) is 0.531. The van der Waals surface area contributed by atoms with Gasteiger partial charge in [0.15, 0.2) is 5.11 Å². The van der Waals surface area contributed by atoms with E-state index in [1.807, 2.05) is 23.9 Å². The molecule has 0 unspecified atom stereocenters. The second kappa shape index (κ2) is 9.75. The highest BCUT2D eigenvalue weighted by Crippen LogP contribution is 1.96. The van der Waals surface area contributed by atoms with Crippen LogP contribution in [0.2, 0.25) is 0 Å². The molecule has 0 spiro atoms. The monoisotopic (exact) mass is 284 g/mol. The SMILES string of the molecule is CCOCCCNC(=S)NCCCn1nccc1C. The third kappa shape index (κ3) is 7.12. The Morgan fingerprint density at radius 1 is 1.37 bits per heavy atom. The number of nitrogens with one attached hydrogen (secondary N) is 2. The number of rotatable bonds is 9. The fourth-order valence-electron chi connectivity index (χ4n) is 1.65. The van der Waals surface area contributed by atoms with E-state index < -0.39 is 0 Å². The fourth-order valence-corrected chi connectivity index (χ4v) is 1.85. The summed E-state index contributed by atoms with van der Waals surface area (Å²) in [6.45, 7) is 8.24. The number of aryl methyl sites for hydroxylation is 2. The zero-order valence-corrected chi connectivity index (χ0v) is 12.6. The summed E-state index contributed by atoms with van der Waals surface area (Å²) in [5.74, 6) is 0. The van der Waals surface area contributed by atoms with Crippen LogP contribution in [0.15, 0.2) is 12.3 Å². The predicted molar refractivity (Wildman–Crippen MR) is 81.3 cm³/mol. The molecule has 0 aliphatic heterocycles. The van der Waals surface area contributed by atoms with Gasteiger partial charge in [-0.15, -0.1) is 0 Å². The minimum atomic E-state index is 0.716. The molecule has 0 saturated carbocycles. The molecule has 0 radical (unpaired) electrons. The van der Waals surface area contributed by atoms with Crippen molar-refractivity contribution in [2.24, 2.45) is 0 Å². The van der Waals surface area contributed by atoms with E-state index in [0.29, 0.717) is 5.11 Å². The van der Waals surface area contributed by atoms with Crippen LogP contribution in [-0.4, -0.2) is 41.2 Å². The molecule has 1 aromatic heterocycles. The largest absolute Gasteiger partial charge is 0.382 e. The molecule has 1 aromatic rings. The van der Waals surface area contributed by atoms with Gasteiger partial charge in [0.2, 0.25) is 0 Å². The Bertz CT molecular complexity index is 367. The molecular formula is C13H24N4OS. The molecule has 0 bridgehead atoms. The minimum absolute atomic E-state index is 0.716. The van der Waals surface area contributed by atoms with Crippen molar-refractivity contribution in [3.63, 3.8) is 0 Å². The van der Waals surface area contributed by atoms with Crippen LogP contribution in [0.5, 0.6) is 0 Å². The van der Waals surface area contributed by atoms with Gasteiger partial charge in [-0.2, -0.15) is 5.10 Å². The lowest BCUT2D eigenvalue weighted by Gasteiger charge is -2.10. The first kappa shape index (κ1) is 15.9. The zero-order valence-electron chi connectivity index (χ0n) is 11.8. The Hall–Kier alpha value is -1.14. The van der Waals surface area contributed by atoms with Crippen molar-refractivity contribution in [2.75, 3.05) is 26.3 Å². The highest BCUT2D eigenvalue weighted by molar-refractivity contribution is 7.80. The van der Waals surface area contributed by atoms with Gasteiger partial charge in [0, 0.05) is 44.7 Å². The second-order valence-electron chi connectivity index (χ2n) is 4.28. The molecule has 0 saturated heterocycles. The van der Waals surface area contributed by atoms with Crippen molar-refractivity contribution in [3.8, 4) is 0 Å². The summed E-state index contributed by atoms with van der Waals surface area (Å²) >= 11 is 5.19. The van der Waals surface area contributed by atoms with Gasteiger partial charge in [0.1, 0.15) is 0 Å². The number of thiocarbonyl (C=S) groups is 1. The molecule has 108 valence electrons. The summed E-state index contributed by atoms with van der Waals surface area (Å²) in [5.41, 5.74) is 1.19. The molecule has 6 heteroatoms. The van der Waals surface area contributed by atoms with Crippen LogP contribution in [0.1, 0.15) is 25.5 Å². The highest BCUT2D eigenvalue weighted by Gasteiger charge is 1.98. The number of hydrogen-bond donors (Lipinski definition) is 2. The summed E-state index contributed by atoms with van der Waals surface area (Å²) in [7, 11) is 0. The highest BCUT2D eigenvalue weighted by atomic mass is 32.1. The third-order valence-corrected chi connectivity index (χ3v) is 3.00. The Morgan fingerprint density at radius 2 is 2.11 bits per heavy atom. The van der Waals surface area contributed by atoms with Crippen LogP contribution >= 0.6 is 12.2 Å². The van der Waals surface area contributed by atoms with Crippen LogP contribution < -0.4 is 10.6 Å². The normalized spacial score (nSPS) is 10.4. The topological polar surface area (TPSA) is 51.1 Å². The van der Waals surface area contributed by atoms with Crippen LogP contribution in [0.3, 0.4) is 0 Å². The van der Waals surface area contributed by atoms with Gasteiger partial charge < -0.3 is 15.4 Å². The van der Waals surface area contributed by atoms with Gasteiger partial charge in [-0.05, 0) is 45.0 Å². The van der Waals surface area contributed by atoms with Crippen LogP contribution in [0, 0.1) is 6.92 Å². The smallest absolute Gasteiger partial charge is 0.166 e. The first-order valence-corrected chi connectivity index (χ1v) is 7.22. The number of hydrogen-bond acceptors (Lipinski definition) is 3. The van der Waals surface area contributed by atoms with E-state index in [4.69, 9.17) is 17.0 Å². The van der Waals surface area contributed by atoms with Crippen molar-refractivity contribution >= 4 is 17.3 Å². The molecule has 1 heterocycles. The van der Waals surface area contributed by atoms with Crippen molar-refractivity contribution in [1.29, 1.82) is 0 Å². The van der Waals surface area contributed by atoms with E-state index in [9.17, 15) is 0 Å². The van der Waals surface area contributed by atoms with Gasteiger partial charge in [-0.3, -0.25) is 4.68 Å². The van der Waals surface area contributed by atoms with Gasteiger partial charge in [0.25, 0.3) is 0 Å². The molecular weight excluding hydrogens is 260 g/mol. The Kier molecular flexibility index (Phi) is 8.16. The summed E-state index contributed by atoms with van der Waals surface area (Å²) in [6.07, 6.45) is 3.80. The van der Waals surface area contributed by atoms with Crippen molar-refractivity contribution in [1.82, 2.24) is 20.4 Å². The molecule has 5 nitrogen and oxygen atoms in total. The van der Waals surface area contributed by atoms with E-state index in [1.165, 1.54) is 5.69 Å². The lowest BCUT2D eigenvalue weighted by atomic mass is 10.4. The molecule has 0 aromatic carbocycles. The minimum Gasteiger partial charge on any atom is -0.382 e. The van der Waals surface area contributed by atoms with Crippen LogP contribution in [0.25, 0.3) is 0 Å². The van der Waals surface area contributed by atoms with E-state index >= 15 is 0 Å². The second-order valence-corrected chi connectivity index (χ2v) is 4.69. The van der Waals surface area contributed by atoms with E-state index in [2.05, 4.69) is 22.7 Å². The molecule has 0 amide bonds. The first-order valence-electron chi connectivity index (χ1n) is 6.82. The van der Waals surface area contributed by atoms with Gasteiger partial charge in [-0.25, -0.2) is 0 Å². The Labute approximate surface area is 120 Å². The summed E-state index contributed by atoms with van der Waals surface area (Å²) in [4.78, 5) is 0. The van der Waals surface area contributed by atoms with E-state index in [1.54, 1.807) is 0 Å². The molecule has 0 aliphatic rings. The number of aromatic nitrogens is 2. The Morgan fingerprint density at radius 3 is 2.74 bits per heavy atom. The molecule has 19 heavy (non-hydrogen) atoms. The average Bonchev–Trinajstić information content (AvgIpc) is 2.80. The summed E-state index contributed by atoms with van der Waals surface area (Å²) in [5, 5.41) is 11.3. The lowest BCUT2D eigenvalue weighted by molar-refractivity contribution is 0.145. The fraction of sp³-hybridized carbons (Fsp3) is 0.692. The lowest BCUT2D eigenvalue weighted by Crippen LogP contribution is -2.36. The van der Waals surface area contributed by atoms with Gasteiger partial charge >= 0.3 is 0 Å². The maximum absolute atomic E-state index is 5.25. The van der Waals surface area contributed by atoms with E-state index in [0.717, 1.165) is 45.7 Å². The maximum Gasteiger partial charge on any atom is 0.166 e. The Balaban J connectivity index is 1.97. The van der Waals surface area contributed by atoms with Crippen molar-refractivity contribution < 1.29 is 4.74 Å². The molecule has 0 aliphatic carbocycles. The molecule has 0 atom stereocenters. The van der Waals surface area contributed by atoms with Crippen molar-refractivity contribution in [2.45, 2.75) is 33.2 Å². The van der Waals surface area contributed by atoms with Crippen molar-refractivity contribution in [3.05, 3.63) is 18.0 Å². The maximum atomic E-state index is 5.25. The number of nitrogens with zero attached hydrogens (tertiary/aromatic N) is 2. The number of ether oxygens (including phenoxy) is 1. The van der Waals surface area contributed by atoms with E-state index in [-0.39, 0.29) is 0 Å². The summed E-state index contributed by atoms with van der Waals surface area (Å²) in [6, 6.07) is 2.01. The van der Waals surface area contributed by atoms with Gasteiger partial charge in [-0.1, -0.05) is 0 Å². The average molecular weight is 284 g/mol. The zero-order chi connectivity index (χ0) is 13.9. The molecule has 1 rings (SSSR count). The predicted octanol–water partition coefficient (Wildman–Crippen LogP) is 1.47. The van der Waals surface area contributed by atoms with Crippen LogP contribution in [0.4, 0.5) is 0 Å². The van der Waals surface area contributed by atoms with Gasteiger partial charge in [0.05, 0.1) is 0 Å². The third-order valence-electron chi connectivity index (χ3n) is 2.72. The standard InChI is InChI=1S/C13H24N4OS/c1-3-18-11-5-8-15-13(19)14-7-4-10-17-12(2)6-9-16-17/h6,9H,3-5,7-8,10-11H2,1-2H3,(H2,14,15,19). The summed E-state index contributed by atoms with van der Waals surface area (Å²) < 4.78 is 7.25. The molecule has 0 fully saturated rings. The van der Waals surface area contributed by atoms with Crippen LogP contribution in [-0.2, 0) is 11.3 Å².